The zero-order chi connectivity index (χ0) is 15.4. The van der Waals surface area contributed by atoms with Crippen LogP contribution in [0.5, 0.6) is 0 Å². The quantitative estimate of drug-likeness (QED) is 0.775. The fourth-order valence-corrected chi connectivity index (χ4v) is 2.18. The number of benzene rings is 2. The Morgan fingerprint density at radius 1 is 1.00 bits per heavy atom. The molecule has 0 spiro atoms. The Morgan fingerprint density at radius 2 is 1.77 bits per heavy atom. The van der Waals surface area contributed by atoms with Crippen LogP contribution in [-0.4, -0.2) is 17.4 Å². The van der Waals surface area contributed by atoms with E-state index in [2.05, 4.69) is 15.6 Å². The Bertz CT molecular complexity index is 814. The second-order valence-corrected chi connectivity index (χ2v) is 4.76. The number of rotatable bonds is 4. The van der Waals surface area contributed by atoms with Crippen molar-refractivity contribution in [3.05, 3.63) is 66.6 Å². The minimum absolute atomic E-state index is 0.0318. The first-order chi connectivity index (χ1) is 10.7. The molecule has 3 rings (SSSR count). The van der Waals surface area contributed by atoms with Gasteiger partial charge in [-0.05, 0) is 24.3 Å². The van der Waals surface area contributed by atoms with E-state index in [-0.39, 0.29) is 18.1 Å². The van der Waals surface area contributed by atoms with Crippen molar-refractivity contribution in [3.8, 4) is 0 Å². The molecule has 0 bridgehead atoms. The maximum Gasteiger partial charge on any atom is 0.243 e. The Morgan fingerprint density at radius 3 is 2.64 bits per heavy atom. The van der Waals surface area contributed by atoms with E-state index in [9.17, 15) is 9.18 Å². The highest BCUT2D eigenvalue weighted by atomic mass is 19.1. The average molecular weight is 295 g/mol. The molecule has 1 aromatic heterocycles. The van der Waals surface area contributed by atoms with Crippen LogP contribution in [0.3, 0.4) is 0 Å². The van der Waals surface area contributed by atoms with Crippen LogP contribution in [-0.2, 0) is 4.79 Å². The van der Waals surface area contributed by atoms with Crippen molar-refractivity contribution in [3.63, 3.8) is 0 Å². The molecule has 22 heavy (non-hydrogen) atoms. The van der Waals surface area contributed by atoms with E-state index in [1.807, 2.05) is 30.3 Å². The van der Waals surface area contributed by atoms with Crippen molar-refractivity contribution in [2.24, 2.45) is 0 Å². The Hall–Kier alpha value is -2.95. The summed E-state index contributed by atoms with van der Waals surface area (Å²) in [6.07, 6.45) is 1.70. The highest BCUT2D eigenvalue weighted by Gasteiger charge is 2.07. The van der Waals surface area contributed by atoms with Crippen molar-refractivity contribution < 1.29 is 9.18 Å². The first kappa shape index (κ1) is 14.0. The second-order valence-electron chi connectivity index (χ2n) is 4.76. The third-order valence-electron chi connectivity index (χ3n) is 3.22. The Kier molecular flexibility index (Phi) is 3.96. The van der Waals surface area contributed by atoms with E-state index in [1.54, 1.807) is 18.3 Å². The number of nitrogens with zero attached hydrogens (tertiary/aromatic N) is 1. The van der Waals surface area contributed by atoms with Crippen molar-refractivity contribution in [1.82, 2.24) is 4.98 Å². The molecule has 0 saturated heterocycles. The van der Waals surface area contributed by atoms with Crippen LogP contribution < -0.4 is 10.6 Å². The van der Waals surface area contributed by atoms with Gasteiger partial charge >= 0.3 is 0 Å². The molecule has 0 aliphatic rings. The van der Waals surface area contributed by atoms with Crippen LogP contribution in [0.25, 0.3) is 10.9 Å². The molecule has 0 atom stereocenters. The lowest BCUT2D eigenvalue weighted by atomic mass is 10.2. The van der Waals surface area contributed by atoms with Gasteiger partial charge in [-0.2, -0.15) is 0 Å². The number of nitrogens with one attached hydrogen (secondary N) is 2. The topological polar surface area (TPSA) is 54.0 Å². The summed E-state index contributed by atoms with van der Waals surface area (Å²) >= 11 is 0. The number of carbonyl (C=O) groups excluding carboxylic acids is 1. The van der Waals surface area contributed by atoms with Gasteiger partial charge in [0.2, 0.25) is 5.91 Å². The number of halogens is 1. The standard InChI is InChI=1S/C17H14FN3O/c18-13-7-1-2-8-14(13)21-16(22)11-20-15-9-3-5-12-6-4-10-19-17(12)15/h1-10,20H,11H2,(H,21,22). The van der Waals surface area contributed by atoms with E-state index in [4.69, 9.17) is 0 Å². The molecular weight excluding hydrogens is 281 g/mol. The lowest BCUT2D eigenvalue weighted by Gasteiger charge is -2.10. The van der Waals surface area contributed by atoms with E-state index in [1.165, 1.54) is 12.1 Å². The first-order valence-corrected chi connectivity index (χ1v) is 6.86. The molecule has 2 aromatic carbocycles. The van der Waals surface area contributed by atoms with Crippen LogP contribution in [0, 0.1) is 5.82 Å². The zero-order valence-corrected chi connectivity index (χ0v) is 11.7. The minimum atomic E-state index is -0.456. The molecular formula is C17H14FN3O. The summed E-state index contributed by atoms with van der Waals surface area (Å²) in [7, 11) is 0. The number of amides is 1. The molecule has 0 radical (unpaired) electrons. The van der Waals surface area contributed by atoms with Crippen molar-refractivity contribution in [2.75, 3.05) is 17.2 Å². The summed E-state index contributed by atoms with van der Waals surface area (Å²) in [6, 6.07) is 15.6. The lowest BCUT2D eigenvalue weighted by molar-refractivity contribution is -0.114. The van der Waals surface area contributed by atoms with Crippen LogP contribution in [0.1, 0.15) is 0 Å². The third kappa shape index (κ3) is 3.03. The summed E-state index contributed by atoms with van der Waals surface area (Å²) in [4.78, 5) is 16.2. The van der Waals surface area contributed by atoms with E-state index >= 15 is 0 Å². The smallest absolute Gasteiger partial charge is 0.243 e. The average Bonchev–Trinajstić information content (AvgIpc) is 2.55. The summed E-state index contributed by atoms with van der Waals surface area (Å²) in [5.41, 5.74) is 1.73. The summed E-state index contributed by atoms with van der Waals surface area (Å²) < 4.78 is 13.5. The molecule has 0 aliphatic carbocycles. The molecule has 0 unspecified atom stereocenters. The maximum atomic E-state index is 13.5. The summed E-state index contributed by atoms with van der Waals surface area (Å²) in [5, 5.41) is 6.55. The van der Waals surface area contributed by atoms with Gasteiger partial charge in [-0.25, -0.2) is 4.39 Å². The number of hydrogen-bond acceptors (Lipinski definition) is 3. The van der Waals surface area contributed by atoms with Gasteiger partial charge < -0.3 is 10.6 Å². The molecule has 0 aliphatic heterocycles. The molecule has 5 heteroatoms. The summed E-state index contributed by atoms with van der Waals surface area (Å²) in [6.45, 7) is 0.0318. The van der Waals surface area contributed by atoms with Gasteiger partial charge in [-0.3, -0.25) is 9.78 Å². The Balaban J connectivity index is 1.69. The predicted octanol–water partition coefficient (Wildman–Crippen LogP) is 3.42. The fraction of sp³-hybridized carbons (Fsp3) is 0.0588. The third-order valence-corrected chi connectivity index (χ3v) is 3.22. The molecule has 1 amide bonds. The fourth-order valence-electron chi connectivity index (χ4n) is 2.18. The van der Waals surface area contributed by atoms with Gasteiger partial charge in [-0.1, -0.05) is 30.3 Å². The van der Waals surface area contributed by atoms with Crippen LogP contribution in [0.2, 0.25) is 0 Å². The van der Waals surface area contributed by atoms with Gasteiger partial charge in [0.1, 0.15) is 5.82 Å². The summed E-state index contributed by atoms with van der Waals surface area (Å²) in [5.74, 6) is -0.777. The van der Waals surface area contributed by atoms with Gasteiger partial charge in [0.15, 0.2) is 0 Å². The number of aromatic nitrogens is 1. The van der Waals surface area contributed by atoms with Crippen molar-refractivity contribution in [1.29, 1.82) is 0 Å². The van der Waals surface area contributed by atoms with Gasteiger partial charge in [0.05, 0.1) is 23.4 Å². The van der Waals surface area contributed by atoms with Gasteiger partial charge in [-0.15, -0.1) is 0 Å². The van der Waals surface area contributed by atoms with Gasteiger partial charge in [0.25, 0.3) is 0 Å². The largest absolute Gasteiger partial charge is 0.374 e. The second kappa shape index (κ2) is 6.22. The maximum absolute atomic E-state index is 13.5. The molecule has 0 saturated carbocycles. The number of pyridine rings is 1. The number of carbonyl (C=O) groups is 1. The molecule has 0 fully saturated rings. The molecule has 1 heterocycles. The molecule has 4 nitrogen and oxygen atoms in total. The monoisotopic (exact) mass is 295 g/mol. The molecule has 110 valence electrons. The van der Waals surface area contributed by atoms with Crippen LogP contribution in [0.4, 0.5) is 15.8 Å². The normalized spacial score (nSPS) is 10.4. The van der Waals surface area contributed by atoms with Crippen LogP contribution >= 0.6 is 0 Å². The highest BCUT2D eigenvalue weighted by molar-refractivity contribution is 5.96. The predicted molar refractivity (Wildman–Crippen MR) is 85.3 cm³/mol. The first-order valence-electron chi connectivity index (χ1n) is 6.86. The van der Waals surface area contributed by atoms with Crippen molar-refractivity contribution >= 4 is 28.2 Å². The molecule has 2 N–H and O–H groups in total. The van der Waals surface area contributed by atoms with E-state index < -0.39 is 5.82 Å². The number of para-hydroxylation sites is 2. The number of hydrogen-bond donors (Lipinski definition) is 2. The highest BCUT2D eigenvalue weighted by Crippen LogP contribution is 2.20. The van der Waals surface area contributed by atoms with E-state index in [0.717, 1.165) is 16.6 Å². The number of anilines is 2. The van der Waals surface area contributed by atoms with Crippen molar-refractivity contribution in [2.45, 2.75) is 0 Å². The van der Waals surface area contributed by atoms with E-state index in [0.29, 0.717) is 0 Å². The minimum Gasteiger partial charge on any atom is -0.374 e. The van der Waals surface area contributed by atoms with Crippen LogP contribution in [0.15, 0.2) is 60.8 Å². The number of fused-ring (bicyclic) bond motifs is 1. The van der Waals surface area contributed by atoms with Gasteiger partial charge in [0, 0.05) is 11.6 Å². The zero-order valence-electron chi connectivity index (χ0n) is 11.7. The molecule has 3 aromatic rings. The SMILES string of the molecule is O=C(CNc1cccc2cccnc12)Nc1ccccc1F. The Labute approximate surface area is 127 Å². The lowest BCUT2D eigenvalue weighted by Crippen LogP contribution is -2.22.